The number of benzene rings is 2. The molecule has 1 atom stereocenters. The van der Waals surface area contributed by atoms with Crippen molar-refractivity contribution in [3.63, 3.8) is 0 Å². The van der Waals surface area contributed by atoms with Crippen LogP contribution in [0.25, 0.3) is 0 Å². The Kier molecular flexibility index (Phi) is 5.57. The summed E-state index contributed by atoms with van der Waals surface area (Å²) in [7, 11) is 0. The maximum absolute atomic E-state index is 12.8. The molecular formula is C21H20BrNO3. The van der Waals surface area contributed by atoms with Gasteiger partial charge in [0.2, 0.25) is 5.91 Å². The summed E-state index contributed by atoms with van der Waals surface area (Å²) in [6, 6.07) is 15.5. The number of nitrogens with one attached hydrogen (secondary N) is 1. The van der Waals surface area contributed by atoms with E-state index in [1.807, 2.05) is 55.5 Å². The molecule has 5 heteroatoms. The highest BCUT2D eigenvalue weighted by atomic mass is 79.9. The van der Waals surface area contributed by atoms with Crippen LogP contribution in [-0.4, -0.2) is 11.9 Å². The SMILES string of the molecule is CC1=C(C(=O)OCc2ccc(C)cc2)C(c2ccc(Br)cc2)CC(=O)N1. The highest BCUT2D eigenvalue weighted by Gasteiger charge is 2.32. The van der Waals surface area contributed by atoms with Gasteiger partial charge in [0.25, 0.3) is 0 Å². The Morgan fingerprint density at radius 3 is 2.42 bits per heavy atom. The third-order valence-electron chi connectivity index (χ3n) is 4.45. The first-order valence-corrected chi connectivity index (χ1v) is 9.22. The summed E-state index contributed by atoms with van der Waals surface area (Å²) >= 11 is 3.41. The molecule has 1 amide bonds. The van der Waals surface area contributed by atoms with E-state index in [1.165, 1.54) is 0 Å². The van der Waals surface area contributed by atoms with Gasteiger partial charge in [0.15, 0.2) is 0 Å². The molecule has 1 aliphatic heterocycles. The normalized spacial score (nSPS) is 17.0. The second-order valence-corrected chi connectivity index (χ2v) is 7.37. The van der Waals surface area contributed by atoms with Gasteiger partial charge in [-0.2, -0.15) is 0 Å². The molecule has 0 saturated heterocycles. The molecule has 1 unspecified atom stereocenters. The molecule has 0 saturated carbocycles. The average molecular weight is 414 g/mol. The van der Waals surface area contributed by atoms with Crippen molar-refractivity contribution in [1.82, 2.24) is 5.32 Å². The first kappa shape index (κ1) is 18.4. The van der Waals surface area contributed by atoms with Crippen molar-refractivity contribution in [1.29, 1.82) is 0 Å². The fourth-order valence-corrected chi connectivity index (χ4v) is 3.33. The quantitative estimate of drug-likeness (QED) is 0.756. The summed E-state index contributed by atoms with van der Waals surface area (Å²) in [5, 5.41) is 2.76. The monoisotopic (exact) mass is 413 g/mol. The van der Waals surface area contributed by atoms with Gasteiger partial charge < -0.3 is 10.1 Å². The maximum atomic E-state index is 12.8. The second kappa shape index (κ2) is 7.87. The van der Waals surface area contributed by atoms with Crippen molar-refractivity contribution in [2.45, 2.75) is 32.8 Å². The standard InChI is InChI=1S/C21H20BrNO3/c1-13-3-5-15(6-4-13)12-26-21(25)20-14(2)23-19(24)11-18(20)16-7-9-17(22)10-8-16/h3-10,18H,11-12H2,1-2H3,(H,23,24). The highest BCUT2D eigenvalue weighted by molar-refractivity contribution is 9.10. The van der Waals surface area contributed by atoms with E-state index in [4.69, 9.17) is 4.74 Å². The lowest BCUT2D eigenvalue weighted by molar-refractivity contribution is -0.141. The number of hydrogen-bond donors (Lipinski definition) is 1. The molecule has 0 aliphatic carbocycles. The molecule has 0 fully saturated rings. The van der Waals surface area contributed by atoms with E-state index in [0.29, 0.717) is 11.3 Å². The van der Waals surface area contributed by atoms with Gasteiger partial charge in [-0.05, 0) is 37.1 Å². The van der Waals surface area contributed by atoms with Gasteiger partial charge in [-0.25, -0.2) is 4.79 Å². The van der Waals surface area contributed by atoms with Crippen LogP contribution in [-0.2, 0) is 20.9 Å². The summed E-state index contributed by atoms with van der Waals surface area (Å²) in [4.78, 5) is 24.8. The van der Waals surface area contributed by atoms with Gasteiger partial charge in [0, 0.05) is 22.5 Å². The smallest absolute Gasteiger partial charge is 0.336 e. The summed E-state index contributed by atoms with van der Waals surface area (Å²) in [6.45, 7) is 3.96. The van der Waals surface area contributed by atoms with E-state index in [-0.39, 0.29) is 24.9 Å². The maximum Gasteiger partial charge on any atom is 0.336 e. The summed E-state index contributed by atoms with van der Waals surface area (Å²) in [6.07, 6.45) is 0.230. The lowest BCUT2D eigenvalue weighted by Crippen LogP contribution is -2.34. The Bertz CT molecular complexity index is 854. The van der Waals surface area contributed by atoms with Crippen LogP contribution in [0.2, 0.25) is 0 Å². The minimum atomic E-state index is -0.393. The van der Waals surface area contributed by atoms with Crippen LogP contribution in [0.3, 0.4) is 0 Å². The molecule has 1 N–H and O–H groups in total. The number of halogens is 1. The van der Waals surface area contributed by atoms with Gasteiger partial charge in [0.05, 0.1) is 5.57 Å². The van der Waals surface area contributed by atoms with Crippen LogP contribution in [0.15, 0.2) is 64.3 Å². The van der Waals surface area contributed by atoms with Crippen LogP contribution >= 0.6 is 15.9 Å². The number of rotatable bonds is 4. The zero-order valence-corrected chi connectivity index (χ0v) is 16.3. The molecule has 4 nitrogen and oxygen atoms in total. The summed E-state index contributed by atoms with van der Waals surface area (Å²) in [5.41, 5.74) is 4.08. The molecule has 2 aromatic carbocycles. The van der Waals surface area contributed by atoms with Crippen LogP contribution < -0.4 is 5.32 Å². The number of amides is 1. The molecular weight excluding hydrogens is 394 g/mol. The topological polar surface area (TPSA) is 55.4 Å². The Morgan fingerprint density at radius 1 is 1.12 bits per heavy atom. The largest absolute Gasteiger partial charge is 0.457 e. The van der Waals surface area contributed by atoms with Gasteiger partial charge in [-0.1, -0.05) is 57.9 Å². The lowest BCUT2D eigenvalue weighted by atomic mass is 9.84. The van der Waals surface area contributed by atoms with Crippen molar-refractivity contribution >= 4 is 27.8 Å². The number of hydrogen-bond acceptors (Lipinski definition) is 3. The van der Waals surface area contributed by atoms with Crippen LogP contribution in [0.4, 0.5) is 0 Å². The summed E-state index contributed by atoms with van der Waals surface area (Å²) in [5.74, 6) is -0.788. The zero-order valence-electron chi connectivity index (χ0n) is 14.7. The Hall–Kier alpha value is -2.40. The molecule has 2 aromatic rings. The average Bonchev–Trinajstić information content (AvgIpc) is 2.61. The lowest BCUT2D eigenvalue weighted by Gasteiger charge is -2.26. The first-order valence-electron chi connectivity index (χ1n) is 8.43. The fourth-order valence-electron chi connectivity index (χ4n) is 3.06. The number of aryl methyl sites for hydroxylation is 1. The van der Waals surface area contributed by atoms with Gasteiger partial charge >= 0.3 is 5.97 Å². The van der Waals surface area contributed by atoms with E-state index in [9.17, 15) is 9.59 Å². The minimum Gasteiger partial charge on any atom is -0.457 e. The molecule has 0 aromatic heterocycles. The van der Waals surface area contributed by atoms with E-state index >= 15 is 0 Å². The number of ether oxygens (including phenoxy) is 1. The molecule has 0 radical (unpaired) electrons. The molecule has 134 valence electrons. The van der Waals surface area contributed by atoms with Crippen molar-refractivity contribution in [2.75, 3.05) is 0 Å². The zero-order chi connectivity index (χ0) is 18.7. The molecule has 0 bridgehead atoms. The van der Waals surface area contributed by atoms with Crippen LogP contribution in [0, 0.1) is 6.92 Å². The van der Waals surface area contributed by atoms with Crippen molar-refractivity contribution in [3.8, 4) is 0 Å². The Balaban J connectivity index is 1.82. The second-order valence-electron chi connectivity index (χ2n) is 6.46. The van der Waals surface area contributed by atoms with Crippen LogP contribution in [0.5, 0.6) is 0 Å². The van der Waals surface area contributed by atoms with Gasteiger partial charge in [0.1, 0.15) is 6.61 Å². The molecule has 26 heavy (non-hydrogen) atoms. The van der Waals surface area contributed by atoms with Crippen LogP contribution in [0.1, 0.15) is 36.0 Å². The Labute approximate surface area is 161 Å². The molecule has 0 spiro atoms. The fraction of sp³-hybridized carbons (Fsp3) is 0.238. The number of allylic oxidation sites excluding steroid dienone is 1. The molecule has 1 heterocycles. The predicted molar refractivity (Wildman–Crippen MR) is 103 cm³/mol. The van der Waals surface area contributed by atoms with E-state index in [0.717, 1.165) is 21.2 Å². The first-order chi connectivity index (χ1) is 12.4. The summed E-state index contributed by atoms with van der Waals surface area (Å²) < 4.78 is 6.48. The van der Waals surface area contributed by atoms with E-state index in [2.05, 4.69) is 21.2 Å². The number of carbonyl (C=O) groups is 2. The van der Waals surface area contributed by atoms with Crippen molar-refractivity contribution in [3.05, 3.63) is 81.0 Å². The van der Waals surface area contributed by atoms with Gasteiger partial charge in [-0.3, -0.25) is 4.79 Å². The van der Waals surface area contributed by atoms with E-state index < -0.39 is 5.97 Å². The number of carbonyl (C=O) groups excluding carboxylic acids is 2. The third-order valence-corrected chi connectivity index (χ3v) is 4.98. The number of esters is 1. The minimum absolute atomic E-state index is 0.0921. The Morgan fingerprint density at radius 2 is 1.77 bits per heavy atom. The van der Waals surface area contributed by atoms with Gasteiger partial charge in [-0.15, -0.1) is 0 Å². The van der Waals surface area contributed by atoms with E-state index in [1.54, 1.807) is 6.92 Å². The van der Waals surface area contributed by atoms with Crippen molar-refractivity contribution in [2.24, 2.45) is 0 Å². The third kappa shape index (κ3) is 4.22. The molecule has 3 rings (SSSR count). The predicted octanol–water partition coefficient (Wildman–Crippen LogP) is 4.38. The van der Waals surface area contributed by atoms with Crippen molar-refractivity contribution < 1.29 is 14.3 Å². The molecule has 1 aliphatic rings. The highest BCUT2D eigenvalue weighted by Crippen LogP contribution is 2.34.